The second-order valence-corrected chi connectivity index (χ2v) is 7.77. The molecule has 148 valence electrons. The van der Waals surface area contributed by atoms with Crippen LogP contribution in [0.25, 0.3) is 0 Å². The van der Waals surface area contributed by atoms with E-state index in [1.165, 1.54) is 37.7 Å². The van der Waals surface area contributed by atoms with Crippen molar-refractivity contribution in [1.82, 2.24) is 9.97 Å². The Labute approximate surface area is 167 Å². The molecule has 0 unspecified atom stereocenters. The van der Waals surface area contributed by atoms with Crippen LogP contribution >= 0.6 is 0 Å². The van der Waals surface area contributed by atoms with Gasteiger partial charge in [0, 0.05) is 38.6 Å². The smallest absolute Gasteiger partial charge is 0.263 e. The highest BCUT2D eigenvalue weighted by atomic mass is 16.2. The van der Waals surface area contributed by atoms with E-state index >= 15 is 0 Å². The van der Waals surface area contributed by atoms with E-state index in [2.05, 4.69) is 33.5 Å². The highest BCUT2D eigenvalue weighted by molar-refractivity contribution is 6.09. The van der Waals surface area contributed by atoms with Gasteiger partial charge < -0.3 is 15.1 Å². The van der Waals surface area contributed by atoms with Crippen LogP contribution in [0.1, 0.15) is 60.9 Å². The predicted octanol–water partition coefficient (Wildman–Crippen LogP) is 4.05. The molecule has 1 aliphatic carbocycles. The number of hydrogen-bond acceptors (Lipinski definition) is 5. The van der Waals surface area contributed by atoms with Crippen LogP contribution in [0.5, 0.6) is 0 Å². The zero-order valence-corrected chi connectivity index (χ0v) is 16.8. The lowest BCUT2D eigenvalue weighted by molar-refractivity contribution is 0.0989. The monoisotopic (exact) mass is 379 g/mol. The normalized spacial score (nSPS) is 18.0. The van der Waals surface area contributed by atoms with E-state index in [0.29, 0.717) is 29.8 Å². The minimum absolute atomic E-state index is 0.0248. The molecule has 1 saturated carbocycles. The van der Waals surface area contributed by atoms with Crippen molar-refractivity contribution in [3.63, 3.8) is 0 Å². The Balaban J connectivity index is 1.65. The zero-order chi connectivity index (χ0) is 19.5. The number of rotatable bonds is 4. The topological polar surface area (TPSA) is 61.4 Å². The third-order valence-electron chi connectivity index (χ3n) is 5.86. The first-order valence-electron chi connectivity index (χ1n) is 10.4. The number of aromatic nitrogens is 2. The van der Waals surface area contributed by atoms with E-state index < -0.39 is 0 Å². The van der Waals surface area contributed by atoms with Crippen LogP contribution in [0, 0.1) is 0 Å². The maximum absolute atomic E-state index is 13.3. The van der Waals surface area contributed by atoms with Gasteiger partial charge in [0.15, 0.2) is 0 Å². The van der Waals surface area contributed by atoms with Crippen LogP contribution in [0.2, 0.25) is 0 Å². The minimum Gasteiger partial charge on any atom is -0.357 e. The molecule has 28 heavy (non-hydrogen) atoms. The zero-order valence-electron chi connectivity index (χ0n) is 16.8. The Hall–Kier alpha value is -2.63. The lowest BCUT2D eigenvalue weighted by Gasteiger charge is -2.25. The van der Waals surface area contributed by atoms with Gasteiger partial charge in [-0.2, -0.15) is 4.98 Å². The van der Waals surface area contributed by atoms with Crippen molar-refractivity contribution in [2.45, 2.75) is 44.9 Å². The summed E-state index contributed by atoms with van der Waals surface area (Å²) in [4.78, 5) is 26.2. The molecule has 1 fully saturated rings. The van der Waals surface area contributed by atoms with Gasteiger partial charge in [0.25, 0.3) is 5.91 Å². The molecule has 0 bridgehead atoms. The fourth-order valence-corrected chi connectivity index (χ4v) is 4.29. The minimum atomic E-state index is -0.0248. The van der Waals surface area contributed by atoms with Crippen LogP contribution in [0.4, 0.5) is 17.5 Å². The van der Waals surface area contributed by atoms with Gasteiger partial charge in [0.2, 0.25) is 5.95 Å². The number of fused-ring (bicyclic) bond motifs is 1. The SMILES string of the molecule is CCNc1ncc2c(n1)N(C)CCN(c1cccc(C3CCCCC3)c1)C2=O. The van der Waals surface area contributed by atoms with E-state index in [1.807, 2.05) is 29.8 Å². The van der Waals surface area contributed by atoms with Crippen LogP contribution in [-0.2, 0) is 0 Å². The van der Waals surface area contributed by atoms with Crippen molar-refractivity contribution in [3.8, 4) is 0 Å². The summed E-state index contributed by atoms with van der Waals surface area (Å²) >= 11 is 0. The van der Waals surface area contributed by atoms with Crippen LogP contribution in [0.15, 0.2) is 30.5 Å². The summed E-state index contributed by atoms with van der Waals surface area (Å²) in [6, 6.07) is 8.57. The molecule has 0 spiro atoms. The number of nitrogens with zero attached hydrogens (tertiary/aromatic N) is 4. The molecule has 1 N–H and O–H groups in total. The summed E-state index contributed by atoms with van der Waals surface area (Å²) in [5.74, 6) is 1.86. The molecule has 1 aromatic heterocycles. The summed E-state index contributed by atoms with van der Waals surface area (Å²) in [5.41, 5.74) is 2.90. The number of likely N-dealkylation sites (N-methyl/N-ethyl adjacent to an activating group) is 1. The molecule has 0 atom stereocenters. The van der Waals surface area contributed by atoms with Crippen LogP contribution in [-0.4, -0.2) is 42.6 Å². The first-order chi connectivity index (χ1) is 13.7. The predicted molar refractivity (Wildman–Crippen MR) is 113 cm³/mol. The van der Waals surface area contributed by atoms with Gasteiger partial charge in [0.05, 0.1) is 0 Å². The molecule has 4 rings (SSSR count). The van der Waals surface area contributed by atoms with Crippen molar-refractivity contribution >= 4 is 23.4 Å². The van der Waals surface area contributed by atoms with Crippen LogP contribution < -0.4 is 15.1 Å². The standard InChI is InChI=1S/C22H29N5O/c1-3-23-22-24-15-19-20(25-22)26(2)12-13-27(21(19)28)18-11-7-10-17(14-18)16-8-5-4-6-9-16/h7,10-11,14-16H,3-6,8-9,12-13H2,1-2H3,(H,23,24,25). The average Bonchev–Trinajstić information content (AvgIpc) is 2.86. The maximum Gasteiger partial charge on any atom is 0.263 e. The molecule has 1 amide bonds. The molecule has 2 heterocycles. The fraction of sp³-hybridized carbons (Fsp3) is 0.500. The summed E-state index contributed by atoms with van der Waals surface area (Å²) in [7, 11) is 1.98. The molecule has 1 aliphatic heterocycles. The molecule has 2 aromatic rings. The molecule has 1 aromatic carbocycles. The van der Waals surface area contributed by atoms with E-state index in [0.717, 1.165) is 18.8 Å². The van der Waals surface area contributed by atoms with Gasteiger partial charge >= 0.3 is 0 Å². The van der Waals surface area contributed by atoms with Crippen molar-refractivity contribution in [1.29, 1.82) is 0 Å². The van der Waals surface area contributed by atoms with E-state index in [4.69, 9.17) is 0 Å². The van der Waals surface area contributed by atoms with Gasteiger partial charge in [0.1, 0.15) is 11.4 Å². The van der Waals surface area contributed by atoms with Gasteiger partial charge in [-0.15, -0.1) is 0 Å². The Morgan fingerprint density at radius 1 is 1.18 bits per heavy atom. The summed E-state index contributed by atoms with van der Waals surface area (Å²) in [6.07, 6.45) is 8.12. The van der Waals surface area contributed by atoms with Crippen molar-refractivity contribution < 1.29 is 4.79 Å². The van der Waals surface area contributed by atoms with Crippen LogP contribution in [0.3, 0.4) is 0 Å². The van der Waals surface area contributed by atoms with E-state index in [1.54, 1.807) is 6.20 Å². The summed E-state index contributed by atoms with van der Waals surface area (Å²) in [6.45, 7) is 4.12. The molecular weight excluding hydrogens is 350 g/mol. The third-order valence-corrected chi connectivity index (χ3v) is 5.86. The van der Waals surface area contributed by atoms with Gasteiger partial charge in [-0.05, 0) is 43.4 Å². The summed E-state index contributed by atoms with van der Waals surface area (Å²) in [5, 5.41) is 3.13. The number of nitrogens with one attached hydrogen (secondary N) is 1. The first kappa shape index (κ1) is 18.7. The Morgan fingerprint density at radius 2 is 2.00 bits per heavy atom. The number of benzene rings is 1. The molecular formula is C22H29N5O. The van der Waals surface area contributed by atoms with E-state index in [-0.39, 0.29) is 5.91 Å². The number of carbonyl (C=O) groups excluding carboxylic acids is 1. The molecule has 0 radical (unpaired) electrons. The molecule has 0 saturated heterocycles. The Kier molecular flexibility index (Phi) is 5.46. The Morgan fingerprint density at radius 3 is 2.79 bits per heavy atom. The highest BCUT2D eigenvalue weighted by Crippen LogP contribution is 2.35. The third kappa shape index (κ3) is 3.68. The molecule has 6 heteroatoms. The number of carbonyl (C=O) groups is 1. The van der Waals surface area contributed by atoms with Crippen molar-refractivity contribution in [2.24, 2.45) is 0 Å². The second-order valence-electron chi connectivity index (χ2n) is 7.77. The lowest BCUT2D eigenvalue weighted by atomic mass is 9.84. The lowest BCUT2D eigenvalue weighted by Crippen LogP contribution is -2.33. The fourth-order valence-electron chi connectivity index (χ4n) is 4.29. The number of anilines is 3. The second kappa shape index (κ2) is 8.17. The van der Waals surface area contributed by atoms with Crippen molar-refractivity contribution in [3.05, 3.63) is 41.6 Å². The number of amides is 1. The largest absolute Gasteiger partial charge is 0.357 e. The molecule has 6 nitrogen and oxygen atoms in total. The average molecular weight is 380 g/mol. The summed E-state index contributed by atoms with van der Waals surface area (Å²) < 4.78 is 0. The first-order valence-corrected chi connectivity index (χ1v) is 10.4. The van der Waals surface area contributed by atoms with Gasteiger partial charge in [-0.3, -0.25) is 4.79 Å². The quantitative estimate of drug-likeness (QED) is 0.868. The molecule has 2 aliphatic rings. The maximum atomic E-state index is 13.3. The van der Waals surface area contributed by atoms with E-state index in [9.17, 15) is 4.79 Å². The highest BCUT2D eigenvalue weighted by Gasteiger charge is 2.28. The van der Waals surface area contributed by atoms with Gasteiger partial charge in [-0.1, -0.05) is 31.4 Å². The van der Waals surface area contributed by atoms with Gasteiger partial charge in [-0.25, -0.2) is 4.98 Å². The van der Waals surface area contributed by atoms with Crippen molar-refractivity contribution in [2.75, 3.05) is 41.8 Å². The Bertz CT molecular complexity index is 847. The number of hydrogen-bond donors (Lipinski definition) is 1.